The molecule has 0 heterocycles. The lowest BCUT2D eigenvalue weighted by atomic mass is 9.98. The molecule has 196 valence electrons. The fraction of sp³-hybridized carbons (Fsp3) is 0.462. The summed E-state index contributed by atoms with van der Waals surface area (Å²) in [5.74, 6) is -1.62. The Morgan fingerprint density at radius 1 is 1.00 bits per heavy atom. The molecular weight excluding hydrogens is 484 g/mol. The monoisotopic (exact) mass is 518 g/mol. The Kier molecular flexibility index (Phi) is 9.10. The van der Waals surface area contributed by atoms with E-state index in [1.54, 1.807) is 0 Å². The summed E-state index contributed by atoms with van der Waals surface area (Å²) in [6, 6.07) is 14.9. The van der Waals surface area contributed by atoms with Crippen LogP contribution >= 0.6 is 0 Å². The number of carbonyl (C=O) groups is 2. The molecule has 0 aliphatic heterocycles. The van der Waals surface area contributed by atoms with Crippen LogP contribution in [0.15, 0.2) is 48.5 Å². The molecule has 1 aliphatic carbocycles. The zero-order chi connectivity index (χ0) is 26.3. The van der Waals surface area contributed by atoms with Crippen LogP contribution in [0.5, 0.6) is 0 Å². The van der Waals surface area contributed by atoms with E-state index in [1.807, 2.05) is 62.6 Å². The molecular formula is C26H34N2O7S. The van der Waals surface area contributed by atoms with Gasteiger partial charge in [0.05, 0.1) is 37.3 Å². The molecule has 1 atom stereocenters. The zero-order valence-electron chi connectivity index (χ0n) is 20.7. The van der Waals surface area contributed by atoms with Gasteiger partial charge in [-0.05, 0) is 41.5 Å². The molecule has 0 bridgehead atoms. The third kappa shape index (κ3) is 7.78. The van der Waals surface area contributed by atoms with Crippen molar-refractivity contribution in [3.63, 3.8) is 0 Å². The van der Waals surface area contributed by atoms with Crippen LogP contribution in [0.4, 0.5) is 4.79 Å². The molecule has 1 amide bonds. The Labute approximate surface area is 212 Å². The van der Waals surface area contributed by atoms with E-state index in [0.717, 1.165) is 22.3 Å². The average molecular weight is 519 g/mol. The first-order valence-corrected chi connectivity index (χ1v) is 13.6. The second-order valence-corrected chi connectivity index (χ2v) is 11.4. The van der Waals surface area contributed by atoms with Crippen LogP contribution in [-0.4, -0.2) is 80.2 Å². The quantitative estimate of drug-likeness (QED) is 0.236. The van der Waals surface area contributed by atoms with E-state index < -0.39 is 28.2 Å². The maximum atomic E-state index is 12.5. The molecule has 9 nitrogen and oxygen atoms in total. The highest BCUT2D eigenvalue weighted by Crippen LogP contribution is 2.44. The van der Waals surface area contributed by atoms with Gasteiger partial charge in [0.2, 0.25) is 0 Å². The lowest BCUT2D eigenvalue weighted by molar-refractivity contribution is -0.890. The molecule has 2 aromatic rings. The number of ether oxygens (including phenoxy) is 1. The van der Waals surface area contributed by atoms with E-state index in [0.29, 0.717) is 30.4 Å². The maximum Gasteiger partial charge on any atom is 0.407 e. The third-order valence-electron chi connectivity index (χ3n) is 6.60. The summed E-state index contributed by atoms with van der Waals surface area (Å²) in [4.78, 5) is 24.1. The smallest absolute Gasteiger partial charge is 0.407 e. The van der Waals surface area contributed by atoms with Gasteiger partial charge in [-0.1, -0.05) is 48.5 Å². The Morgan fingerprint density at radius 3 is 2.11 bits per heavy atom. The van der Waals surface area contributed by atoms with Crippen molar-refractivity contribution >= 4 is 22.2 Å². The standard InChI is InChI=1S/C26H34N2O7S/c1-28(2,16-9-17-36(32,33)34)15-8-7-14-24(25(29)30)27-26(31)35-18-23-21-12-5-3-10-19(21)20-11-4-6-13-22(20)23/h3-6,10-13,23-24H,7-9,14-18H2,1-2H3,(H2-,27,29,30,31,32,33,34)/t24-/m0/s1. The van der Waals surface area contributed by atoms with Crippen LogP contribution in [0, 0.1) is 0 Å². The summed E-state index contributed by atoms with van der Waals surface area (Å²) in [6.45, 7) is 1.33. The second kappa shape index (κ2) is 11.9. The third-order valence-corrected chi connectivity index (χ3v) is 7.39. The summed E-state index contributed by atoms with van der Waals surface area (Å²) in [7, 11) is -0.358. The fourth-order valence-corrected chi connectivity index (χ4v) is 5.19. The number of rotatable bonds is 13. The van der Waals surface area contributed by atoms with E-state index in [2.05, 4.69) is 5.32 Å². The average Bonchev–Trinajstić information content (AvgIpc) is 3.12. The minimum absolute atomic E-state index is 0.108. The molecule has 10 heteroatoms. The number of fused-ring (bicyclic) bond motifs is 3. The van der Waals surface area contributed by atoms with Gasteiger partial charge < -0.3 is 24.2 Å². The van der Waals surface area contributed by atoms with E-state index in [1.165, 1.54) is 0 Å². The molecule has 2 aromatic carbocycles. The number of hydrogen-bond donors (Lipinski definition) is 2. The van der Waals surface area contributed by atoms with Gasteiger partial charge in [-0.3, -0.25) is 0 Å². The highest BCUT2D eigenvalue weighted by molar-refractivity contribution is 7.85. The van der Waals surface area contributed by atoms with Crippen molar-refractivity contribution in [1.29, 1.82) is 0 Å². The number of alkyl carbamates (subject to hydrolysis) is 1. The second-order valence-electron chi connectivity index (χ2n) is 9.85. The normalized spacial score (nSPS) is 14.1. The topological polar surface area (TPSA) is 133 Å². The molecule has 0 saturated heterocycles. The summed E-state index contributed by atoms with van der Waals surface area (Å²) in [5.41, 5.74) is 4.38. The molecule has 3 rings (SSSR count). The lowest BCUT2D eigenvalue weighted by Gasteiger charge is -2.30. The van der Waals surface area contributed by atoms with Crippen molar-refractivity contribution in [2.45, 2.75) is 37.6 Å². The molecule has 0 aromatic heterocycles. The number of nitrogens with one attached hydrogen (secondary N) is 1. The SMILES string of the molecule is C[N+](C)(CCCC[C@H](NC(=O)OCC1c2ccccc2-c2ccccc21)C(=O)O)CCCS(=O)(=O)[O-]. The van der Waals surface area contributed by atoms with Crippen molar-refractivity contribution in [3.05, 3.63) is 59.7 Å². The van der Waals surface area contributed by atoms with Gasteiger partial charge >= 0.3 is 12.1 Å². The van der Waals surface area contributed by atoms with E-state index in [-0.39, 0.29) is 31.1 Å². The summed E-state index contributed by atoms with van der Waals surface area (Å²) < 4.78 is 38.3. The fourth-order valence-electron chi connectivity index (χ4n) is 4.71. The van der Waals surface area contributed by atoms with Crippen LogP contribution < -0.4 is 5.32 Å². The van der Waals surface area contributed by atoms with Gasteiger partial charge in [-0.2, -0.15) is 0 Å². The number of aliphatic carboxylic acids is 1. The summed E-state index contributed by atoms with van der Waals surface area (Å²) >= 11 is 0. The zero-order valence-corrected chi connectivity index (χ0v) is 21.5. The number of quaternary nitrogens is 1. The molecule has 0 fully saturated rings. The number of amides is 1. The molecule has 1 aliphatic rings. The van der Waals surface area contributed by atoms with Gasteiger partial charge in [-0.25, -0.2) is 18.0 Å². The Hall–Kier alpha value is -2.95. The lowest BCUT2D eigenvalue weighted by Crippen LogP contribution is -2.43. The van der Waals surface area contributed by atoms with Gasteiger partial charge in [-0.15, -0.1) is 0 Å². The molecule has 0 spiro atoms. The van der Waals surface area contributed by atoms with Crippen LogP contribution in [0.25, 0.3) is 11.1 Å². The first-order chi connectivity index (χ1) is 17.0. The first kappa shape index (κ1) is 27.6. The summed E-state index contributed by atoms with van der Waals surface area (Å²) in [6.07, 6.45) is 1.00. The molecule has 0 radical (unpaired) electrons. The number of benzene rings is 2. The molecule has 36 heavy (non-hydrogen) atoms. The van der Waals surface area contributed by atoms with Crippen molar-refractivity contribution in [2.24, 2.45) is 0 Å². The van der Waals surface area contributed by atoms with Crippen molar-refractivity contribution < 1.29 is 36.9 Å². The number of hydrogen-bond acceptors (Lipinski definition) is 6. The minimum atomic E-state index is -4.22. The largest absolute Gasteiger partial charge is 0.748 e. The number of nitrogens with zero attached hydrogens (tertiary/aromatic N) is 1. The van der Waals surface area contributed by atoms with Gasteiger partial charge in [0.15, 0.2) is 0 Å². The van der Waals surface area contributed by atoms with Gasteiger partial charge in [0, 0.05) is 18.1 Å². The van der Waals surface area contributed by atoms with Crippen LogP contribution in [-0.2, 0) is 19.6 Å². The van der Waals surface area contributed by atoms with Gasteiger partial charge in [0.25, 0.3) is 0 Å². The van der Waals surface area contributed by atoms with Crippen molar-refractivity contribution in [3.8, 4) is 11.1 Å². The highest BCUT2D eigenvalue weighted by atomic mass is 32.2. The predicted octanol–water partition coefficient (Wildman–Crippen LogP) is 3.16. The number of carboxylic acid groups (broad SMARTS) is 1. The number of carboxylic acids is 1. The minimum Gasteiger partial charge on any atom is -0.748 e. The first-order valence-electron chi connectivity index (χ1n) is 12.1. The van der Waals surface area contributed by atoms with Crippen LogP contribution in [0.1, 0.15) is 42.7 Å². The Bertz CT molecular complexity index is 1130. The van der Waals surface area contributed by atoms with Crippen molar-refractivity contribution in [1.82, 2.24) is 5.32 Å². The van der Waals surface area contributed by atoms with E-state index in [9.17, 15) is 27.7 Å². The van der Waals surface area contributed by atoms with Gasteiger partial charge in [0.1, 0.15) is 12.6 Å². The Morgan fingerprint density at radius 2 is 1.56 bits per heavy atom. The predicted molar refractivity (Wildman–Crippen MR) is 135 cm³/mol. The maximum absolute atomic E-state index is 12.5. The number of carbonyl (C=O) groups excluding carboxylic acids is 1. The van der Waals surface area contributed by atoms with Crippen LogP contribution in [0.3, 0.4) is 0 Å². The van der Waals surface area contributed by atoms with Crippen molar-refractivity contribution in [2.75, 3.05) is 39.5 Å². The number of unbranched alkanes of at least 4 members (excludes halogenated alkanes) is 1. The van der Waals surface area contributed by atoms with Crippen LogP contribution in [0.2, 0.25) is 0 Å². The highest BCUT2D eigenvalue weighted by Gasteiger charge is 2.29. The molecule has 2 N–H and O–H groups in total. The van der Waals surface area contributed by atoms with E-state index >= 15 is 0 Å². The van der Waals surface area contributed by atoms with E-state index in [4.69, 9.17) is 4.74 Å². The molecule has 0 unspecified atom stereocenters. The molecule has 0 saturated carbocycles. The summed E-state index contributed by atoms with van der Waals surface area (Å²) in [5, 5.41) is 12.0. The Balaban J connectivity index is 1.46.